The molecular weight excluding hydrogens is 378 g/mol. The van der Waals surface area contributed by atoms with Crippen LogP contribution in [0.25, 0.3) is 5.82 Å². The Labute approximate surface area is 163 Å². The number of sulfonamides is 1. The summed E-state index contributed by atoms with van der Waals surface area (Å²) in [5.74, 6) is 0.332. The van der Waals surface area contributed by atoms with Crippen molar-refractivity contribution in [2.24, 2.45) is 10.6 Å². The Morgan fingerprint density at radius 2 is 1.89 bits per heavy atom. The minimum Gasteiger partial charge on any atom is -0.283 e. The predicted molar refractivity (Wildman–Crippen MR) is 106 cm³/mol. The molecule has 0 aliphatic rings. The van der Waals surface area contributed by atoms with Crippen molar-refractivity contribution < 1.29 is 8.42 Å². The molecule has 8 nitrogen and oxygen atoms in total. The summed E-state index contributed by atoms with van der Waals surface area (Å²) in [4.78, 5) is 21.2. The van der Waals surface area contributed by atoms with Gasteiger partial charge < -0.3 is 0 Å². The van der Waals surface area contributed by atoms with Crippen LogP contribution < -0.4 is 10.7 Å². The smallest absolute Gasteiger partial charge is 0.276 e. The highest BCUT2D eigenvalue weighted by molar-refractivity contribution is 7.89. The first-order valence-electron chi connectivity index (χ1n) is 8.74. The highest BCUT2D eigenvalue weighted by Gasteiger charge is 2.20. The zero-order chi connectivity index (χ0) is 20.5. The number of hydrogen-bond acceptors (Lipinski definition) is 5. The van der Waals surface area contributed by atoms with Gasteiger partial charge in [-0.25, -0.2) is 18.5 Å². The van der Waals surface area contributed by atoms with Crippen molar-refractivity contribution in [2.75, 3.05) is 0 Å². The lowest BCUT2D eigenvalue weighted by atomic mass is 9.97. The van der Waals surface area contributed by atoms with Crippen LogP contribution in [-0.2, 0) is 23.0 Å². The Morgan fingerprint density at radius 1 is 1.14 bits per heavy atom. The Morgan fingerprint density at radius 3 is 2.43 bits per heavy atom. The fraction of sp³-hybridized carbons (Fsp3) is 0.316. The van der Waals surface area contributed by atoms with Crippen LogP contribution in [0.4, 0.5) is 0 Å². The molecule has 0 aliphatic carbocycles. The second kappa shape index (κ2) is 7.33. The van der Waals surface area contributed by atoms with Crippen LogP contribution in [0.2, 0.25) is 0 Å². The summed E-state index contributed by atoms with van der Waals surface area (Å²) in [7, 11) is -3.85. The molecule has 0 amide bonds. The van der Waals surface area contributed by atoms with Gasteiger partial charge in [-0.2, -0.15) is 4.68 Å². The standard InChI is InChI=1S/C19H23N5O3S/c1-19(2,3)13-23-12-15(9-14-5-4-8-21-10-14)18(25)24(23)17-7-6-16(11-22-17)28(20,26)27/h4-8,10-12H,9,13H2,1-3H3,(H2,20,26,27). The van der Waals surface area contributed by atoms with E-state index in [2.05, 4.69) is 30.7 Å². The van der Waals surface area contributed by atoms with Crippen molar-refractivity contribution in [1.82, 2.24) is 19.3 Å². The average Bonchev–Trinajstić information content (AvgIpc) is 2.88. The number of primary sulfonamides is 1. The molecule has 0 aliphatic heterocycles. The molecule has 28 heavy (non-hydrogen) atoms. The van der Waals surface area contributed by atoms with E-state index in [1.54, 1.807) is 12.4 Å². The lowest BCUT2D eigenvalue weighted by Gasteiger charge is -2.21. The fourth-order valence-corrected chi connectivity index (χ4v) is 3.35. The summed E-state index contributed by atoms with van der Waals surface area (Å²) in [6.45, 7) is 6.79. The second-order valence-corrected chi connectivity index (χ2v) is 9.43. The maximum absolute atomic E-state index is 13.1. The van der Waals surface area contributed by atoms with E-state index >= 15 is 0 Å². The van der Waals surface area contributed by atoms with Gasteiger partial charge in [-0.3, -0.25) is 14.5 Å². The third-order valence-electron chi connectivity index (χ3n) is 4.05. The predicted octanol–water partition coefficient (Wildman–Crippen LogP) is 1.71. The van der Waals surface area contributed by atoms with E-state index < -0.39 is 10.0 Å². The first-order valence-corrected chi connectivity index (χ1v) is 10.3. The van der Waals surface area contributed by atoms with Gasteiger partial charge in [-0.05, 0) is 29.2 Å². The van der Waals surface area contributed by atoms with Crippen LogP contribution in [0.15, 0.2) is 58.7 Å². The Kier molecular flexibility index (Phi) is 5.22. The van der Waals surface area contributed by atoms with Crippen molar-refractivity contribution in [3.63, 3.8) is 0 Å². The molecule has 0 aromatic carbocycles. The average molecular weight is 401 g/mol. The molecule has 3 heterocycles. The van der Waals surface area contributed by atoms with Gasteiger partial charge in [-0.1, -0.05) is 26.8 Å². The molecule has 3 aromatic rings. The van der Waals surface area contributed by atoms with Crippen molar-refractivity contribution >= 4 is 10.0 Å². The Balaban J connectivity index is 2.09. The maximum atomic E-state index is 13.1. The summed E-state index contributed by atoms with van der Waals surface area (Å²) in [6, 6.07) is 6.57. The van der Waals surface area contributed by atoms with E-state index in [0.717, 1.165) is 11.8 Å². The molecular formula is C19H23N5O3S. The summed E-state index contributed by atoms with van der Waals surface area (Å²) in [6.07, 6.45) is 6.83. The number of nitrogens with two attached hydrogens (primary N) is 1. The van der Waals surface area contributed by atoms with E-state index in [1.165, 1.54) is 16.8 Å². The van der Waals surface area contributed by atoms with Gasteiger partial charge in [0.25, 0.3) is 5.56 Å². The van der Waals surface area contributed by atoms with Crippen LogP contribution in [0, 0.1) is 5.41 Å². The molecule has 0 radical (unpaired) electrons. The molecule has 0 unspecified atom stereocenters. The van der Waals surface area contributed by atoms with Gasteiger partial charge in [0, 0.05) is 43.3 Å². The van der Waals surface area contributed by atoms with Crippen LogP contribution >= 0.6 is 0 Å². The van der Waals surface area contributed by atoms with E-state index in [-0.39, 0.29) is 15.9 Å². The lowest BCUT2D eigenvalue weighted by molar-refractivity contribution is 0.309. The van der Waals surface area contributed by atoms with Gasteiger partial charge in [0.1, 0.15) is 4.90 Å². The van der Waals surface area contributed by atoms with Gasteiger partial charge in [0.05, 0.1) is 0 Å². The highest BCUT2D eigenvalue weighted by atomic mass is 32.2. The molecule has 2 N–H and O–H groups in total. The van der Waals surface area contributed by atoms with Gasteiger partial charge in [0.15, 0.2) is 5.82 Å². The summed E-state index contributed by atoms with van der Waals surface area (Å²) < 4.78 is 26.2. The molecule has 0 atom stereocenters. The van der Waals surface area contributed by atoms with Gasteiger partial charge in [0.2, 0.25) is 10.0 Å². The topological polar surface area (TPSA) is 113 Å². The molecule has 148 valence electrons. The Bertz CT molecular complexity index is 1130. The first kappa shape index (κ1) is 20.0. The van der Waals surface area contributed by atoms with Gasteiger partial charge >= 0.3 is 0 Å². The molecule has 9 heteroatoms. The third kappa shape index (κ3) is 4.55. The van der Waals surface area contributed by atoms with Crippen LogP contribution in [0.5, 0.6) is 0 Å². The largest absolute Gasteiger partial charge is 0.283 e. The minimum absolute atomic E-state index is 0.0840. The number of nitrogens with zero attached hydrogens (tertiary/aromatic N) is 4. The van der Waals surface area contributed by atoms with Crippen molar-refractivity contribution in [3.8, 4) is 5.82 Å². The monoisotopic (exact) mass is 401 g/mol. The normalized spacial score (nSPS) is 12.3. The molecule has 3 rings (SSSR count). The van der Waals surface area contributed by atoms with E-state index in [1.807, 2.05) is 23.0 Å². The molecule has 0 bridgehead atoms. The van der Waals surface area contributed by atoms with E-state index in [9.17, 15) is 13.2 Å². The summed E-state index contributed by atoms with van der Waals surface area (Å²) >= 11 is 0. The van der Waals surface area contributed by atoms with E-state index in [4.69, 9.17) is 5.14 Å². The fourth-order valence-electron chi connectivity index (χ4n) is 2.89. The van der Waals surface area contributed by atoms with Crippen LogP contribution in [0.3, 0.4) is 0 Å². The number of pyridine rings is 2. The van der Waals surface area contributed by atoms with E-state index in [0.29, 0.717) is 24.3 Å². The van der Waals surface area contributed by atoms with Gasteiger partial charge in [-0.15, -0.1) is 0 Å². The molecule has 0 spiro atoms. The van der Waals surface area contributed by atoms with Crippen molar-refractivity contribution in [2.45, 2.75) is 38.6 Å². The van der Waals surface area contributed by atoms with Crippen LogP contribution in [0.1, 0.15) is 31.9 Å². The molecule has 0 saturated heterocycles. The summed E-state index contributed by atoms with van der Waals surface area (Å²) in [5, 5.41) is 5.13. The third-order valence-corrected chi connectivity index (χ3v) is 4.95. The SMILES string of the molecule is CC(C)(C)Cn1cc(Cc2cccnc2)c(=O)n1-c1ccc(S(N)(=O)=O)cn1. The maximum Gasteiger partial charge on any atom is 0.276 e. The molecule has 0 saturated carbocycles. The number of aromatic nitrogens is 4. The van der Waals surface area contributed by atoms with Crippen LogP contribution in [-0.4, -0.2) is 27.7 Å². The first-order chi connectivity index (χ1) is 13.0. The number of rotatable bonds is 5. The number of hydrogen-bond donors (Lipinski definition) is 1. The zero-order valence-electron chi connectivity index (χ0n) is 16.0. The zero-order valence-corrected chi connectivity index (χ0v) is 16.8. The highest BCUT2D eigenvalue weighted by Crippen LogP contribution is 2.18. The Hall–Kier alpha value is -2.78. The summed E-state index contributed by atoms with van der Waals surface area (Å²) in [5.41, 5.74) is 1.25. The molecule has 0 fully saturated rings. The lowest BCUT2D eigenvalue weighted by Crippen LogP contribution is -2.27. The van der Waals surface area contributed by atoms with Crippen molar-refractivity contribution in [1.29, 1.82) is 0 Å². The second-order valence-electron chi connectivity index (χ2n) is 7.86. The van der Waals surface area contributed by atoms with Crippen molar-refractivity contribution in [3.05, 3.63) is 70.5 Å². The quantitative estimate of drug-likeness (QED) is 0.699. The minimum atomic E-state index is -3.85. The molecule has 3 aromatic heterocycles.